The van der Waals surface area contributed by atoms with Gasteiger partial charge in [0, 0.05) is 18.0 Å². The number of para-hydroxylation sites is 1. The summed E-state index contributed by atoms with van der Waals surface area (Å²) in [4.78, 5) is 18.8. The quantitative estimate of drug-likeness (QED) is 0.584. The average Bonchev–Trinajstić information content (AvgIpc) is 3.13. The first-order valence-electron chi connectivity index (χ1n) is 11.7. The zero-order valence-electron chi connectivity index (χ0n) is 18.5. The number of ether oxygens (including phenoxy) is 1. The van der Waals surface area contributed by atoms with Crippen molar-refractivity contribution in [2.45, 2.75) is 56.9 Å². The Kier molecular flexibility index (Phi) is 5.83. The molecule has 1 aromatic carbocycles. The van der Waals surface area contributed by atoms with E-state index in [1.54, 1.807) is 10.7 Å². The van der Waals surface area contributed by atoms with Gasteiger partial charge in [0.1, 0.15) is 5.75 Å². The first kappa shape index (κ1) is 20.9. The number of pyridine rings is 1. The molecule has 0 radical (unpaired) electrons. The van der Waals surface area contributed by atoms with Crippen molar-refractivity contribution in [3.63, 3.8) is 0 Å². The summed E-state index contributed by atoms with van der Waals surface area (Å²) in [7, 11) is 2.18. The highest BCUT2D eigenvalue weighted by Gasteiger charge is 2.30. The molecule has 1 unspecified atom stereocenters. The van der Waals surface area contributed by atoms with E-state index in [4.69, 9.17) is 9.84 Å². The molecule has 5 rings (SSSR count). The van der Waals surface area contributed by atoms with Crippen LogP contribution in [0.1, 0.15) is 67.0 Å². The minimum Gasteiger partial charge on any atom is -0.493 e. The molecule has 1 aliphatic carbocycles. The number of carboxylic acid groups (broad SMARTS) is 1. The summed E-state index contributed by atoms with van der Waals surface area (Å²) in [6.45, 7) is 1.68. The Morgan fingerprint density at radius 3 is 2.66 bits per heavy atom. The topological polar surface area (TPSA) is 80.5 Å². The first-order valence-corrected chi connectivity index (χ1v) is 11.7. The van der Waals surface area contributed by atoms with E-state index >= 15 is 0 Å². The molecular formula is C25H30N4O3. The van der Waals surface area contributed by atoms with Crippen molar-refractivity contribution in [3.8, 4) is 11.4 Å². The SMILES string of the molecule is CN1CCCCC1CCOc1cc(C(=O)O)nc2c1c(C1CCC1)nn2-c1ccccc1. The van der Waals surface area contributed by atoms with Gasteiger partial charge in [-0.3, -0.25) is 0 Å². The maximum absolute atomic E-state index is 11.9. The Balaban J connectivity index is 1.54. The fraction of sp³-hybridized carbons (Fsp3) is 0.480. The van der Waals surface area contributed by atoms with E-state index in [2.05, 4.69) is 16.9 Å². The number of piperidine rings is 1. The summed E-state index contributed by atoms with van der Waals surface area (Å²) in [5, 5.41) is 15.5. The zero-order chi connectivity index (χ0) is 22.1. The maximum atomic E-state index is 11.9. The monoisotopic (exact) mass is 434 g/mol. The number of rotatable bonds is 7. The van der Waals surface area contributed by atoms with Crippen LogP contribution in [0.15, 0.2) is 36.4 Å². The molecule has 3 aromatic rings. The third-order valence-corrected chi connectivity index (χ3v) is 6.97. The molecule has 1 N–H and O–H groups in total. The van der Waals surface area contributed by atoms with Crippen molar-refractivity contribution in [1.29, 1.82) is 0 Å². The highest BCUT2D eigenvalue weighted by Crippen LogP contribution is 2.42. The van der Waals surface area contributed by atoms with E-state index < -0.39 is 5.97 Å². The Labute approximate surface area is 188 Å². The summed E-state index contributed by atoms with van der Waals surface area (Å²) in [6.07, 6.45) is 7.99. The third kappa shape index (κ3) is 3.97. The van der Waals surface area contributed by atoms with Gasteiger partial charge in [-0.25, -0.2) is 14.5 Å². The number of fused-ring (bicyclic) bond motifs is 1. The lowest BCUT2D eigenvalue weighted by Crippen LogP contribution is -2.37. The van der Waals surface area contributed by atoms with Crippen molar-refractivity contribution in [2.75, 3.05) is 20.2 Å². The maximum Gasteiger partial charge on any atom is 0.354 e. The van der Waals surface area contributed by atoms with Gasteiger partial charge in [0.15, 0.2) is 11.3 Å². The molecule has 2 aliphatic rings. The Morgan fingerprint density at radius 1 is 1.16 bits per heavy atom. The molecule has 1 aliphatic heterocycles. The van der Waals surface area contributed by atoms with Crippen LogP contribution in [0.25, 0.3) is 16.7 Å². The van der Waals surface area contributed by atoms with E-state index in [0.29, 0.717) is 30.0 Å². The van der Waals surface area contributed by atoms with Crippen LogP contribution in [-0.4, -0.2) is 57.0 Å². The molecule has 0 bridgehead atoms. The van der Waals surface area contributed by atoms with E-state index in [-0.39, 0.29) is 5.69 Å². The molecule has 2 fully saturated rings. The normalized spacial score (nSPS) is 19.7. The molecule has 2 aromatic heterocycles. The highest BCUT2D eigenvalue weighted by molar-refractivity contribution is 5.94. The zero-order valence-corrected chi connectivity index (χ0v) is 18.5. The van der Waals surface area contributed by atoms with Gasteiger partial charge in [-0.2, -0.15) is 5.10 Å². The van der Waals surface area contributed by atoms with Crippen molar-refractivity contribution in [3.05, 3.63) is 47.8 Å². The standard InChI is InChI=1S/C25H30N4O3/c1-28-14-6-5-10-18(28)13-15-32-21-16-20(25(30)31)26-24-22(21)23(17-8-7-9-17)27-29(24)19-11-3-2-4-12-19/h2-4,11-12,16-18H,5-10,13-15H2,1H3,(H,30,31). The number of aromatic carboxylic acids is 1. The number of benzene rings is 1. The van der Waals surface area contributed by atoms with Gasteiger partial charge in [-0.05, 0) is 57.8 Å². The molecule has 1 atom stereocenters. The lowest BCUT2D eigenvalue weighted by Gasteiger charge is -2.32. The van der Waals surface area contributed by atoms with E-state index in [9.17, 15) is 9.90 Å². The Bertz CT molecular complexity index is 1110. The summed E-state index contributed by atoms with van der Waals surface area (Å²) in [5.41, 5.74) is 2.39. The molecule has 7 nitrogen and oxygen atoms in total. The van der Waals surface area contributed by atoms with Gasteiger partial charge in [-0.15, -0.1) is 0 Å². The second-order valence-corrected chi connectivity index (χ2v) is 9.04. The highest BCUT2D eigenvalue weighted by atomic mass is 16.5. The van der Waals surface area contributed by atoms with Gasteiger partial charge in [0.25, 0.3) is 0 Å². The van der Waals surface area contributed by atoms with E-state index in [0.717, 1.165) is 42.6 Å². The van der Waals surface area contributed by atoms with Crippen LogP contribution in [0.2, 0.25) is 0 Å². The minimum absolute atomic E-state index is 0.0143. The fourth-order valence-corrected chi connectivity index (χ4v) is 4.86. The van der Waals surface area contributed by atoms with Gasteiger partial charge in [-0.1, -0.05) is 31.0 Å². The Hall–Kier alpha value is -2.93. The third-order valence-electron chi connectivity index (χ3n) is 6.97. The van der Waals surface area contributed by atoms with Crippen molar-refractivity contribution < 1.29 is 14.6 Å². The molecule has 32 heavy (non-hydrogen) atoms. The van der Waals surface area contributed by atoms with Crippen molar-refractivity contribution >= 4 is 17.0 Å². The van der Waals surface area contributed by atoms with Gasteiger partial charge >= 0.3 is 5.97 Å². The van der Waals surface area contributed by atoms with Crippen molar-refractivity contribution in [2.24, 2.45) is 0 Å². The molecule has 1 saturated heterocycles. The number of likely N-dealkylation sites (tertiary alicyclic amines) is 1. The van der Waals surface area contributed by atoms with Crippen LogP contribution < -0.4 is 4.74 Å². The van der Waals surface area contributed by atoms with Gasteiger partial charge in [0.05, 0.1) is 23.4 Å². The number of aromatic nitrogens is 3. The van der Waals surface area contributed by atoms with E-state index in [1.165, 1.54) is 25.7 Å². The number of hydrogen-bond acceptors (Lipinski definition) is 5. The number of nitrogens with zero attached hydrogens (tertiary/aromatic N) is 4. The van der Waals surface area contributed by atoms with Crippen molar-refractivity contribution in [1.82, 2.24) is 19.7 Å². The smallest absolute Gasteiger partial charge is 0.354 e. The van der Waals surface area contributed by atoms with Crippen LogP contribution >= 0.6 is 0 Å². The molecule has 3 heterocycles. The fourth-order valence-electron chi connectivity index (χ4n) is 4.86. The molecule has 1 saturated carbocycles. The van der Waals surface area contributed by atoms with Gasteiger partial charge in [0.2, 0.25) is 0 Å². The predicted molar refractivity (Wildman–Crippen MR) is 123 cm³/mol. The average molecular weight is 435 g/mol. The summed E-state index contributed by atoms with van der Waals surface area (Å²) in [5.74, 6) is -0.100. The number of hydrogen-bond donors (Lipinski definition) is 1. The minimum atomic E-state index is -1.06. The number of carboxylic acids is 1. The van der Waals surface area contributed by atoms with E-state index in [1.807, 2.05) is 30.3 Å². The largest absolute Gasteiger partial charge is 0.493 e. The molecule has 0 spiro atoms. The molecule has 0 amide bonds. The van der Waals surface area contributed by atoms with Crippen LogP contribution in [0.3, 0.4) is 0 Å². The second kappa shape index (κ2) is 8.90. The second-order valence-electron chi connectivity index (χ2n) is 9.04. The van der Waals surface area contributed by atoms with Gasteiger partial charge < -0.3 is 14.7 Å². The summed E-state index contributed by atoms with van der Waals surface area (Å²) in [6, 6.07) is 11.9. The lowest BCUT2D eigenvalue weighted by molar-refractivity contribution is 0.0690. The molecular weight excluding hydrogens is 404 g/mol. The first-order chi connectivity index (χ1) is 15.6. The Morgan fingerprint density at radius 2 is 1.97 bits per heavy atom. The summed E-state index contributed by atoms with van der Waals surface area (Å²) >= 11 is 0. The van der Waals surface area contributed by atoms with Crippen LogP contribution in [0, 0.1) is 0 Å². The molecule has 168 valence electrons. The van der Waals surface area contributed by atoms with Crippen LogP contribution in [0.5, 0.6) is 5.75 Å². The number of carbonyl (C=O) groups is 1. The predicted octanol–water partition coefficient (Wildman–Crippen LogP) is 4.64. The summed E-state index contributed by atoms with van der Waals surface area (Å²) < 4.78 is 8.06. The van der Waals surface area contributed by atoms with Crippen LogP contribution in [0.4, 0.5) is 0 Å². The molecule has 7 heteroatoms. The lowest BCUT2D eigenvalue weighted by atomic mass is 9.82. The van der Waals surface area contributed by atoms with Crippen LogP contribution in [-0.2, 0) is 0 Å².